The fourth-order valence-electron chi connectivity index (χ4n) is 5.08. The second kappa shape index (κ2) is 10.4. The highest BCUT2D eigenvalue weighted by molar-refractivity contribution is 7.23. The van der Waals surface area contributed by atoms with Crippen LogP contribution in [0.5, 0.6) is 0 Å². The van der Waals surface area contributed by atoms with Crippen molar-refractivity contribution in [1.82, 2.24) is 19.5 Å². The van der Waals surface area contributed by atoms with Gasteiger partial charge in [-0.05, 0) is 48.8 Å². The number of carbonyl (C=O) groups excluding carboxylic acids is 1. The van der Waals surface area contributed by atoms with E-state index in [4.69, 9.17) is 19.6 Å². The van der Waals surface area contributed by atoms with Crippen LogP contribution < -0.4 is 5.32 Å². The number of anilines is 1. The van der Waals surface area contributed by atoms with Gasteiger partial charge in [0.15, 0.2) is 4.96 Å². The lowest BCUT2D eigenvalue weighted by Crippen LogP contribution is -2.16. The van der Waals surface area contributed by atoms with Crippen molar-refractivity contribution in [3.05, 3.63) is 65.7 Å². The molecular formula is C31H35N5O3S. The molecule has 0 saturated heterocycles. The Kier molecular flexibility index (Phi) is 6.96. The van der Waals surface area contributed by atoms with Crippen molar-refractivity contribution in [3.8, 4) is 11.3 Å². The summed E-state index contributed by atoms with van der Waals surface area (Å²) in [6, 6.07) is 14.0. The molecule has 0 atom stereocenters. The van der Waals surface area contributed by atoms with Crippen LogP contribution in [0.15, 0.2) is 53.2 Å². The molecule has 1 saturated carbocycles. The number of rotatable bonds is 11. The molecule has 0 aliphatic heterocycles. The van der Waals surface area contributed by atoms with Gasteiger partial charge in [0, 0.05) is 42.8 Å². The van der Waals surface area contributed by atoms with Crippen molar-refractivity contribution >= 4 is 38.2 Å². The number of carbonyl (C=O) groups is 1. The number of nitrogens with one attached hydrogen (secondary N) is 1. The van der Waals surface area contributed by atoms with Gasteiger partial charge in [0.25, 0.3) is 0 Å². The fourth-order valence-corrected chi connectivity index (χ4v) is 6.06. The number of nitrogens with zero attached hydrogens (tertiary/aromatic N) is 4. The topological polar surface area (TPSA) is 106 Å². The summed E-state index contributed by atoms with van der Waals surface area (Å²) < 4.78 is 7.50. The van der Waals surface area contributed by atoms with Crippen molar-refractivity contribution < 1.29 is 14.4 Å². The Bertz CT molecular complexity index is 1650. The van der Waals surface area contributed by atoms with Gasteiger partial charge in [-0.2, -0.15) is 0 Å². The maximum absolute atomic E-state index is 12.6. The van der Waals surface area contributed by atoms with E-state index in [0.717, 1.165) is 63.1 Å². The molecule has 0 spiro atoms. The van der Waals surface area contributed by atoms with Crippen LogP contribution in [0.4, 0.5) is 5.82 Å². The molecule has 0 unspecified atom stereocenters. The number of aliphatic hydroxyl groups excluding tert-OH is 1. The van der Waals surface area contributed by atoms with Gasteiger partial charge in [-0.15, -0.1) is 0 Å². The molecule has 1 aliphatic rings. The van der Waals surface area contributed by atoms with Crippen molar-refractivity contribution in [2.75, 3.05) is 18.5 Å². The van der Waals surface area contributed by atoms with Gasteiger partial charge in [-0.3, -0.25) is 9.20 Å². The number of ketones is 1. The largest absolute Gasteiger partial charge is 0.396 e. The molecule has 8 nitrogen and oxygen atoms in total. The monoisotopic (exact) mass is 557 g/mol. The number of hydrogen-bond acceptors (Lipinski definition) is 8. The maximum Gasteiger partial charge on any atom is 0.196 e. The summed E-state index contributed by atoms with van der Waals surface area (Å²) in [6.07, 6.45) is 7.03. The van der Waals surface area contributed by atoms with Crippen LogP contribution >= 0.6 is 11.3 Å². The molecule has 0 bridgehead atoms. The van der Waals surface area contributed by atoms with E-state index in [1.807, 2.05) is 36.4 Å². The predicted molar refractivity (Wildman–Crippen MR) is 158 cm³/mol. The number of hydrogen-bond donors (Lipinski definition) is 2. The van der Waals surface area contributed by atoms with E-state index in [0.29, 0.717) is 17.5 Å². The van der Waals surface area contributed by atoms with Crippen LogP contribution in [0.1, 0.15) is 63.5 Å². The molecule has 2 N–H and O–H groups in total. The fraction of sp³-hybridized carbons (Fsp3) is 0.419. The summed E-state index contributed by atoms with van der Waals surface area (Å²) in [5.74, 6) is 1.78. The van der Waals surface area contributed by atoms with E-state index in [-0.39, 0.29) is 24.2 Å². The summed E-state index contributed by atoms with van der Waals surface area (Å²) in [6.45, 7) is 7.34. The number of aromatic nitrogens is 4. The number of Topliss-reactive ketones (excluding diaryl/α,β-unsaturated/α-hetero) is 1. The Morgan fingerprint density at radius 3 is 2.62 bits per heavy atom. The zero-order valence-electron chi connectivity index (χ0n) is 23.2. The second-order valence-electron chi connectivity index (χ2n) is 12.1. The summed E-state index contributed by atoms with van der Waals surface area (Å²) >= 11 is 1.58. The first-order valence-corrected chi connectivity index (χ1v) is 14.7. The van der Waals surface area contributed by atoms with Gasteiger partial charge in [0.2, 0.25) is 0 Å². The van der Waals surface area contributed by atoms with Gasteiger partial charge >= 0.3 is 0 Å². The van der Waals surface area contributed by atoms with E-state index in [9.17, 15) is 4.79 Å². The van der Waals surface area contributed by atoms with Gasteiger partial charge in [0.05, 0.1) is 23.3 Å². The molecule has 9 heteroatoms. The Labute approximate surface area is 237 Å². The van der Waals surface area contributed by atoms with Crippen LogP contribution in [-0.2, 0) is 23.1 Å². The minimum atomic E-state index is -0.130. The average Bonchev–Trinajstić information content (AvgIpc) is 3.21. The lowest BCUT2D eigenvalue weighted by Gasteiger charge is -2.15. The third-order valence-corrected chi connectivity index (χ3v) is 8.72. The quantitative estimate of drug-likeness (QED) is 0.199. The Balaban J connectivity index is 1.10. The normalized spacial score (nSPS) is 14.7. The van der Waals surface area contributed by atoms with Crippen molar-refractivity contribution in [2.45, 2.75) is 64.7 Å². The first-order chi connectivity index (χ1) is 19.2. The lowest BCUT2D eigenvalue weighted by atomic mass is 9.93. The van der Waals surface area contributed by atoms with E-state index in [1.54, 1.807) is 11.3 Å². The molecule has 6 rings (SSSR count). The Morgan fingerprint density at radius 2 is 1.93 bits per heavy atom. The standard InChI is InChI=1S/C31H35N5O3S/c1-30(2,3)26-17-22(35-39-26)16-23(38)15-20-5-7-21(8-6-20)24-18-36-25-9-10-27(34-28(25)40-29(36)33-24)32-19-31(12-13-31)11-4-14-37/h5-10,17-18,37H,4,11-16,19H2,1-3H3,(H,32,34). The molecular weight excluding hydrogens is 522 g/mol. The second-order valence-corrected chi connectivity index (χ2v) is 13.1. The first-order valence-electron chi connectivity index (χ1n) is 13.9. The van der Waals surface area contributed by atoms with Crippen LogP contribution in [0.3, 0.4) is 0 Å². The molecule has 4 heterocycles. The molecule has 1 aromatic carbocycles. The minimum Gasteiger partial charge on any atom is -0.396 e. The molecule has 4 aromatic heterocycles. The number of aliphatic hydroxyl groups is 1. The number of fused-ring (bicyclic) bond motifs is 3. The van der Waals surface area contributed by atoms with Crippen LogP contribution in [0.2, 0.25) is 0 Å². The Morgan fingerprint density at radius 1 is 1.12 bits per heavy atom. The SMILES string of the molecule is CC(C)(C)c1cc(CC(=O)Cc2ccc(-c3cn4c(n3)sc3nc(NCC5(CCCO)CC5)ccc34)cc2)no1. The predicted octanol–water partition coefficient (Wildman–Crippen LogP) is 6.22. The van der Waals surface area contributed by atoms with Crippen LogP contribution in [0.25, 0.3) is 26.6 Å². The maximum atomic E-state index is 12.6. The molecule has 40 heavy (non-hydrogen) atoms. The van der Waals surface area contributed by atoms with Gasteiger partial charge in [-0.1, -0.05) is 61.5 Å². The summed E-state index contributed by atoms with van der Waals surface area (Å²) in [4.78, 5) is 24.2. The number of benzene rings is 1. The van der Waals surface area contributed by atoms with Crippen molar-refractivity contribution in [1.29, 1.82) is 0 Å². The van der Waals surface area contributed by atoms with Crippen molar-refractivity contribution in [3.63, 3.8) is 0 Å². The molecule has 0 radical (unpaired) electrons. The van der Waals surface area contributed by atoms with E-state index in [1.165, 1.54) is 12.8 Å². The molecule has 5 aromatic rings. The third kappa shape index (κ3) is 5.67. The van der Waals surface area contributed by atoms with Gasteiger partial charge in [-0.25, -0.2) is 9.97 Å². The molecule has 0 amide bonds. The summed E-state index contributed by atoms with van der Waals surface area (Å²) in [5.41, 5.74) is 4.78. The lowest BCUT2D eigenvalue weighted by molar-refractivity contribution is -0.117. The van der Waals surface area contributed by atoms with Gasteiger partial charge in [0.1, 0.15) is 22.2 Å². The van der Waals surface area contributed by atoms with E-state index >= 15 is 0 Å². The highest BCUT2D eigenvalue weighted by Gasteiger charge is 2.41. The van der Waals surface area contributed by atoms with E-state index in [2.05, 4.69) is 47.9 Å². The zero-order valence-corrected chi connectivity index (χ0v) is 24.1. The minimum absolute atomic E-state index is 0.106. The van der Waals surface area contributed by atoms with Gasteiger partial charge < -0.3 is 14.9 Å². The zero-order chi connectivity index (χ0) is 27.9. The molecule has 1 aliphatic carbocycles. The number of imidazole rings is 1. The summed E-state index contributed by atoms with van der Waals surface area (Å²) in [7, 11) is 0. The van der Waals surface area contributed by atoms with E-state index < -0.39 is 0 Å². The average molecular weight is 558 g/mol. The number of thiazole rings is 1. The third-order valence-electron chi connectivity index (χ3n) is 7.76. The first kappa shape index (κ1) is 26.7. The Hall–Kier alpha value is -3.56. The number of pyridine rings is 1. The van der Waals surface area contributed by atoms with Crippen LogP contribution in [0, 0.1) is 5.41 Å². The highest BCUT2D eigenvalue weighted by atomic mass is 32.1. The van der Waals surface area contributed by atoms with Crippen LogP contribution in [-0.4, -0.2) is 43.6 Å². The molecule has 208 valence electrons. The highest BCUT2D eigenvalue weighted by Crippen LogP contribution is 2.49. The summed E-state index contributed by atoms with van der Waals surface area (Å²) in [5, 5.41) is 16.7. The smallest absolute Gasteiger partial charge is 0.196 e. The van der Waals surface area contributed by atoms with Crippen molar-refractivity contribution in [2.24, 2.45) is 5.41 Å². The molecule has 1 fully saturated rings.